The third-order valence-electron chi connectivity index (χ3n) is 7.41. The molecule has 2 aromatic heterocycles. The van der Waals surface area contributed by atoms with Gasteiger partial charge in [0.25, 0.3) is 0 Å². The SMILES string of the molecule is CC(=O)N1CCc2[nH]nc(N3CCCc4ccc(C)cc43)c2C1.CCC1CCOC1.Cc1cnn(C)c1. The van der Waals surface area contributed by atoms with Crippen LogP contribution in [0.4, 0.5) is 11.5 Å². The first-order valence-corrected chi connectivity index (χ1v) is 13.6. The van der Waals surface area contributed by atoms with Crippen LogP contribution >= 0.6 is 0 Å². The van der Waals surface area contributed by atoms with E-state index in [9.17, 15) is 4.79 Å². The highest BCUT2D eigenvalue weighted by molar-refractivity contribution is 5.75. The number of rotatable bonds is 2. The van der Waals surface area contributed by atoms with Crippen LogP contribution in [0, 0.1) is 19.8 Å². The number of H-pyrrole nitrogens is 1. The Hall–Kier alpha value is -3.13. The largest absolute Gasteiger partial charge is 0.381 e. The van der Waals surface area contributed by atoms with Crippen LogP contribution in [-0.4, -0.2) is 57.1 Å². The van der Waals surface area contributed by atoms with Crippen molar-refractivity contribution in [3.8, 4) is 0 Å². The molecular weight excluding hydrogens is 464 g/mol. The molecule has 1 aromatic carbocycles. The van der Waals surface area contributed by atoms with Crippen molar-refractivity contribution in [2.24, 2.45) is 13.0 Å². The fourth-order valence-corrected chi connectivity index (χ4v) is 5.13. The van der Waals surface area contributed by atoms with Crippen molar-refractivity contribution in [2.75, 3.05) is 31.2 Å². The van der Waals surface area contributed by atoms with E-state index in [1.165, 1.54) is 46.5 Å². The van der Waals surface area contributed by atoms with Crippen LogP contribution in [0.1, 0.15) is 61.1 Å². The number of aromatic amines is 1. The third kappa shape index (κ3) is 6.80. The molecule has 6 rings (SSSR count). The number of nitrogens with zero attached hydrogens (tertiary/aromatic N) is 5. The number of carbonyl (C=O) groups excluding carboxylic acids is 1. The van der Waals surface area contributed by atoms with Crippen molar-refractivity contribution < 1.29 is 9.53 Å². The lowest BCUT2D eigenvalue weighted by atomic mass is 9.99. The molecule has 0 bridgehead atoms. The molecule has 1 amide bonds. The fourth-order valence-electron chi connectivity index (χ4n) is 5.13. The predicted molar refractivity (Wildman–Crippen MR) is 147 cm³/mol. The van der Waals surface area contributed by atoms with Gasteiger partial charge in [-0.15, -0.1) is 0 Å². The van der Waals surface area contributed by atoms with Crippen LogP contribution in [0.25, 0.3) is 0 Å². The summed E-state index contributed by atoms with van der Waals surface area (Å²) in [7, 11) is 1.91. The van der Waals surface area contributed by atoms with Crippen LogP contribution < -0.4 is 4.90 Å². The Balaban J connectivity index is 0.000000186. The quantitative estimate of drug-likeness (QED) is 0.537. The summed E-state index contributed by atoms with van der Waals surface area (Å²) < 4.78 is 6.94. The number of amides is 1. The molecule has 8 nitrogen and oxygen atoms in total. The van der Waals surface area contributed by atoms with E-state index in [0.29, 0.717) is 6.54 Å². The minimum absolute atomic E-state index is 0.137. The Morgan fingerprint density at radius 2 is 2.03 bits per heavy atom. The van der Waals surface area contributed by atoms with Gasteiger partial charge in [0, 0.05) is 69.8 Å². The molecule has 37 heavy (non-hydrogen) atoms. The third-order valence-corrected chi connectivity index (χ3v) is 7.41. The van der Waals surface area contributed by atoms with E-state index in [0.717, 1.165) is 57.3 Å². The van der Waals surface area contributed by atoms with E-state index in [2.05, 4.69) is 52.2 Å². The number of carbonyl (C=O) groups is 1. The van der Waals surface area contributed by atoms with Crippen molar-refractivity contribution in [2.45, 2.75) is 66.3 Å². The number of benzene rings is 1. The van der Waals surface area contributed by atoms with E-state index in [1.807, 2.05) is 31.3 Å². The molecule has 1 atom stereocenters. The lowest BCUT2D eigenvalue weighted by Crippen LogP contribution is -2.35. The Labute approximate surface area is 221 Å². The van der Waals surface area contributed by atoms with E-state index in [1.54, 1.807) is 11.6 Å². The first-order chi connectivity index (χ1) is 17.9. The van der Waals surface area contributed by atoms with E-state index in [-0.39, 0.29) is 5.91 Å². The Kier molecular flexibility index (Phi) is 9.03. The smallest absolute Gasteiger partial charge is 0.219 e. The minimum atomic E-state index is 0.137. The second kappa shape index (κ2) is 12.4. The average molecular weight is 507 g/mol. The molecule has 3 aliphatic rings. The van der Waals surface area contributed by atoms with Crippen LogP contribution in [-0.2, 0) is 36.0 Å². The normalized spacial score (nSPS) is 18.2. The maximum atomic E-state index is 11.7. The molecule has 5 heterocycles. The first-order valence-electron chi connectivity index (χ1n) is 13.6. The summed E-state index contributed by atoms with van der Waals surface area (Å²) in [6.45, 7) is 12.4. The zero-order valence-corrected chi connectivity index (χ0v) is 23.1. The van der Waals surface area contributed by atoms with Gasteiger partial charge in [-0.2, -0.15) is 10.2 Å². The summed E-state index contributed by atoms with van der Waals surface area (Å²) in [6, 6.07) is 6.67. The van der Waals surface area contributed by atoms with Crippen molar-refractivity contribution in [3.63, 3.8) is 0 Å². The second-order valence-corrected chi connectivity index (χ2v) is 10.4. The molecule has 0 radical (unpaired) electrons. The van der Waals surface area contributed by atoms with Crippen LogP contribution in [0.3, 0.4) is 0 Å². The number of fused-ring (bicyclic) bond motifs is 2. The average Bonchev–Trinajstić information content (AvgIpc) is 3.65. The number of anilines is 2. The van der Waals surface area contributed by atoms with Gasteiger partial charge in [0.2, 0.25) is 5.91 Å². The molecule has 3 aromatic rings. The predicted octanol–water partition coefficient (Wildman–Crippen LogP) is 4.87. The lowest BCUT2D eigenvalue weighted by Gasteiger charge is -2.32. The highest BCUT2D eigenvalue weighted by Gasteiger charge is 2.28. The zero-order valence-electron chi connectivity index (χ0n) is 23.1. The Morgan fingerprint density at radius 1 is 1.19 bits per heavy atom. The molecular formula is C29H42N6O2. The standard InChI is InChI=1S/C18H22N4O.C6H12O.C5H8N2/c1-12-5-6-14-4-3-8-22(17(14)10-12)18-15-11-21(13(2)23)9-7-16(15)19-20-18;1-2-6-3-4-7-5-6;1-5-3-6-7(2)4-5/h5-6,10H,3-4,7-9,11H2,1-2H3,(H,19,20);6H,2-5H2,1H3;3-4H,1-2H3. The van der Waals surface area contributed by atoms with Crippen LogP contribution in [0.2, 0.25) is 0 Å². The van der Waals surface area contributed by atoms with Gasteiger partial charge in [-0.05, 0) is 61.8 Å². The summed E-state index contributed by atoms with van der Waals surface area (Å²) in [4.78, 5) is 16.0. The van der Waals surface area contributed by atoms with Gasteiger partial charge in [-0.1, -0.05) is 25.5 Å². The molecule has 1 fully saturated rings. The number of aromatic nitrogens is 4. The summed E-state index contributed by atoms with van der Waals surface area (Å²) in [5.74, 6) is 2.01. The highest BCUT2D eigenvalue weighted by Crippen LogP contribution is 2.37. The molecule has 0 saturated carbocycles. The number of nitrogens with one attached hydrogen (secondary N) is 1. The topological polar surface area (TPSA) is 79.3 Å². The summed E-state index contributed by atoms with van der Waals surface area (Å²) >= 11 is 0. The number of hydrogen-bond acceptors (Lipinski definition) is 5. The summed E-state index contributed by atoms with van der Waals surface area (Å²) in [6.07, 6.45) is 9.50. The van der Waals surface area contributed by atoms with Crippen molar-refractivity contribution in [1.29, 1.82) is 0 Å². The Morgan fingerprint density at radius 3 is 2.62 bits per heavy atom. The number of ether oxygens (including phenoxy) is 1. The van der Waals surface area contributed by atoms with Gasteiger partial charge < -0.3 is 14.5 Å². The van der Waals surface area contributed by atoms with Crippen LogP contribution in [0.5, 0.6) is 0 Å². The molecule has 3 aliphatic heterocycles. The zero-order chi connectivity index (χ0) is 26.4. The van der Waals surface area contributed by atoms with Gasteiger partial charge in [0.05, 0.1) is 12.7 Å². The molecule has 200 valence electrons. The molecule has 1 unspecified atom stereocenters. The Bertz CT molecular complexity index is 1160. The maximum Gasteiger partial charge on any atom is 0.219 e. The van der Waals surface area contributed by atoms with Gasteiger partial charge in [0.1, 0.15) is 0 Å². The van der Waals surface area contributed by atoms with E-state index >= 15 is 0 Å². The van der Waals surface area contributed by atoms with E-state index < -0.39 is 0 Å². The van der Waals surface area contributed by atoms with Gasteiger partial charge in [-0.25, -0.2) is 0 Å². The maximum absolute atomic E-state index is 11.7. The van der Waals surface area contributed by atoms with Crippen LogP contribution in [0.15, 0.2) is 30.6 Å². The van der Waals surface area contributed by atoms with Crippen molar-refractivity contribution >= 4 is 17.4 Å². The lowest BCUT2D eigenvalue weighted by molar-refractivity contribution is -0.129. The molecule has 8 heteroatoms. The van der Waals surface area contributed by atoms with Gasteiger partial charge >= 0.3 is 0 Å². The molecule has 1 saturated heterocycles. The van der Waals surface area contributed by atoms with Crippen molar-refractivity contribution in [3.05, 3.63) is 58.5 Å². The number of aryl methyl sites for hydroxylation is 4. The minimum Gasteiger partial charge on any atom is -0.381 e. The second-order valence-electron chi connectivity index (χ2n) is 10.4. The molecule has 1 N–H and O–H groups in total. The number of hydrogen-bond donors (Lipinski definition) is 1. The van der Waals surface area contributed by atoms with Gasteiger partial charge in [0.15, 0.2) is 5.82 Å². The van der Waals surface area contributed by atoms with E-state index in [4.69, 9.17) is 4.74 Å². The summed E-state index contributed by atoms with van der Waals surface area (Å²) in [5.41, 5.74) is 7.49. The van der Waals surface area contributed by atoms with Gasteiger partial charge in [-0.3, -0.25) is 14.6 Å². The molecule has 0 aliphatic carbocycles. The summed E-state index contributed by atoms with van der Waals surface area (Å²) in [5, 5.41) is 11.7. The monoisotopic (exact) mass is 506 g/mol. The van der Waals surface area contributed by atoms with Crippen molar-refractivity contribution in [1.82, 2.24) is 24.9 Å². The fraction of sp³-hybridized carbons (Fsp3) is 0.552. The first kappa shape index (κ1) is 26.9. The highest BCUT2D eigenvalue weighted by atomic mass is 16.5. The molecule has 0 spiro atoms.